The Hall–Kier alpha value is -1.21. The predicted molar refractivity (Wildman–Crippen MR) is 109 cm³/mol. The molecule has 0 radical (unpaired) electrons. The number of aliphatic carboxylic acids is 2. The monoisotopic (exact) mass is 412 g/mol. The molecule has 3 aliphatic heterocycles. The van der Waals surface area contributed by atoms with Crippen LogP contribution in [0.4, 0.5) is 4.39 Å². The van der Waals surface area contributed by atoms with Crippen LogP contribution >= 0.6 is 0 Å². The zero-order valence-electron chi connectivity index (χ0n) is 18.7. The van der Waals surface area contributed by atoms with Gasteiger partial charge in [0.2, 0.25) is 0 Å². The first-order valence-electron chi connectivity index (χ1n) is 10.7. The molecule has 3 fully saturated rings. The molecule has 5 unspecified atom stereocenters. The minimum absolute atomic E-state index is 0.126. The fraction of sp³-hybridized carbons (Fsp3) is 0.909. The molecule has 166 valence electrons. The third-order valence-corrected chi connectivity index (χ3v) is 7.77. The molecular weight excluding hydrogens is 375 g/mol. The molecule has 0 aromatic carbocycles. The average Bonchev–Trinajstić information content (AvgIpc) is 2.50. The Morgan fingerprint density at radius 2 is 1.69 bits per heavy atom. The van der Waals surface area contributed by atoms with Gasteiger partial charge in [0.15, 0.2) is 0 Å². The maximum atomic E-state index is 15.4. The van der Waals surface area contributed by atoms with E-state index < -0.39 is 40.9 Å². The van der Waals surface area contributed by atoms with Crippen LogP contribution in [0.3, 0.4) is 0 Å². The summed E-state index contributed by atoms with van der Waals surface area (Å²) in [6, 6.07) is 0. The van der Waals surface area contributed by atoms with Crippen molar-refractivity contribution in [1.82, 2.24) is 9.80 Å². The second-order valence-corrected chi connectivity index (χ2v) is 11.6. The van der Waals surface area contributed by atoms with E-state index in [2.05, 4.69) is 30.6 Å². The number of carbonyl (C=O) groups is 2. The smallest absolute Gasteiger partial charge is 0.310 e. The van der Waals surface area contributed by atoms with E-state index in [9.17, 15) is 19.8 Å². The predicted octanol–water partition coefficient (Wildman–Crippen LogP) is 3.25. The summed E-state index contributed by atoms with van der Waals surface area (Å²) in [6.07, 6.45) is 0.745. The van der Waals surface area contributed by atoms with Gasteiger partial charge in [0.05, 0.1) is 11.8 Å². The van der Waals surface area contributed by atoms with Crippen LogP contribution in [0.5, 0.6) is 0 Å². The van der Waals surface area contributed by atoms with Crippen molar-refractivity contribution < 1.29 is 24.2 Å². The summed E-state index contributed by atoms with van der Waals surface area (Å²) in [5.41, 5.74) is -1.78. The zero-order valence-corrected chi connectivity index (χ0v) is 18.7. The first-order valence-corrected chi connectivity index (χ1v) is 10.7. The van der Waals surface area contributed by atoms with E-state index in [0.29, 0.717) is 38.8 Å². The van der Waals surface area contributed by atoms with Gasteiger partial charge in [0.25, 0.3) is 0 Å². The standard InChI is InChI=1S/C22H37FN2O4/c1-19(2,3)24-10-15(23)16(18(28)29)22(13-24)11-20(4,5)25-8-7-14(17(26)27)9-21(25,6)12-22/h14-16H,7-13H2,1-6H3,(H,26,27)(H,28,29). The molecule has 7 heteroatoms. The summed E-state index contributed by atoms with van der Waals surface area (Å²) in [5.74, 6) is -3.36. The number of carboxylic acid groups (broad SMARTS) is 2. The highest BCUT2D eigenvalue weighted by atomic mass is 19.1. The summed E-state index contributed by atoms with van der Waals surface area (Å²) in [6.45, 7) is 13.7. The number of hydrogen-bond donors (Lipinski definition) is 2. The number of alkyl halides is 1. The second-order valence-electron chi connectivity index (χ2n) is 11.6. The highest BCUT2D eigenvalue weighted by molar-refractivity contribution is 5.72. The van der Waals surface area contributed by atoms with Crippen molar-refractivity contribution in [3.63, 3.8) is 0 Å². The van der Waals surface area contributed by atoms with Gasteiger partial charge in [-0.1, -0.05) is 0 Å². The van der Waals surface area contributed by atoms with Crippen LogP contribution < -0.4 is 0 Å². The molecule has 3 saturated heterocycles. The second kappa shape index (κ2) is 6.91. The molecule has 6 nitrogen and oxygen atoms in total. The Morgan fingerprint density at radius 1 is 1.07 bits per heavy atom. The van der Waals surface area contributed by atoms with E-state index in [1.807, 2.05) is 20.8 Å². The fourth-order valence-electron chi connectivity index (χ4n) is 6.99. The summed E-state index contributed by atoms with van der Waals surface area (Å²) < 4.78 is 15.4. The molecule has 3 rings (SSSR count). The lowest BCUT2D eigenvalue weighted by molar-refractivity contribution is -0.195. The van der Waals surface area contributed by atoms with E-state index >= 15 is 4.39 Å². The third-order valence-electron chi connectivity index (χ3n) is 7.77. The highest BCUT2D eigenvalue weighted by Gasteiger charge is 2.63. The number of likely N-dealkylation sites (tertiary alicyclic amines) is 1. The third kappa shape index (κ3) is 3.80. The van der Waals surface area contributed by atoms with E-state index in [1.165, 1.54) is 0 Å². The van der Waals surface area contributed by atoms with Gasteiger partial charge < -0.3 is 10.2 Å². The molecule has 0 aromatic heterocycles. The van der Waals surface area contributed by atoms with Gasteiger partial charge in [-0.05, 0) is 67.2 Å². The molecule has 0 aliphatic carbocycles. The Bertz CT molecular complexity index is 691. The van der Waals surface area contributed by atoms with Gasteiger partial charge in [-0.15, -0.1) is 0 Å². The Labute approximate surface area is 173 Å². The Balaban J connectivity index is 2.07. The van der Waals surface area contributed by atoms with E-state index in [-0.39, 0.29) is 17.6 Å². The molecule has 0 bridgehead atoms. The molecule has 3 aliphatic rings. The number of piperidine rings is 3. The minimum Gasteiger partial charge on any atom is -0.481 e. The van der Waals surface area contributed by atoms with Crippen molar-refractivity contribution >= 4 is 11.9 Å². The summed E-state index contributed by atoms with van der Waals surface area (Å²) >= 11 is 0. The number of rotatable bonds is 2. The van der Waals surface area contributed by atoms with Gasteiger partial charge in [-0.25, -0.2) is 4.39 Å². The molecule has 0 saturated carbocycles. The van der Waals surface area contributed by atoms with Crippen LogP contribution in [0.15, 0.2) is 0 Å². The van der Waals surface area contributed by atoms with Crippen molar-refractivity contribution in [3.8, 4) is 0 Å². The van der Waals surface area contributed by atoms with Crippen molar-refractivity contribution in [1.29, 1.82) is 0 Å². The number of fused-ring (bicyclic) bond motifs is 1. The van der Waals surface area contributed by atoms with Crippen LogP contribution in [0.2, 0.25) is 0 Å². The molecule has 3 heterocycles. The van der Waals surface area contributed by atoms with E-state index in [1.54, 1.807) is 0 Å². The molecule has 1 spiro atoms. The maximum Gasteiger partial charge on any atom is 0.310 e. The van der Waals surface area contributed by atoms with E-state index in [4.69, 9.17) is 0 Å². The number of hydrogen-bond acceptors (Lipinski definition) is 4. The number of halogens is 1. The van der Waals surface area contributed by atoms with Crippen LogP contribution in [-0.4, -0.2) is 74.4 Å². The summed E-state index contributed by atoms with van der Waals surface area (Å²) in [5, 5.41) is 19.7. The highest BCUT2D eigenvalue weighted by Crippen LogP contribution is 2.58. The normalized spacial score (nSPS) is 41.1. The van der Waals surface area contributed by atoms with Crippen LogP contribution in [-0.2, 0) is 9.59 Å². The van der Waals surface area contributed by atoms with Gasteiger partial charge in [-0.3, -0.25) is 19.4 Å². The topological polar surface area (TPSA) is 81.1 Å². The minimum atomic E-state index is -1.44. The maximum absolute atomic E-state index is 15.4. The van der Waals surface area contributed by atoms with Gasteiger partial charge in [0.1, 0.15) is 6.17 Å². The van der Waals surface area contributed by atoms with Crippen molar-refractivity contribution in [2.75, 3.05) is 19.6 Å². The van der Waals surface area contributed by atoms with Crippen LogP contribution in [0, 0.1) is 17.3 Å². The average molecular weight is 413 g/mol. The molecule has 2 N–H and O–H groups in total. The quantitative estimate of drug-likeness (QED) is 0.725. The first-order chi connectivity index (χ1) is 13.1. The van der Waals surface area contributed by atoms with Gasteiger partial charge in [-0.2, -0.15) is 0 Å². The van der Waals surface area contributed by atoms with E-state index in [0.717, 1.165) is 0 Å². The lowest BCUT2D eigenvalue weighted by atomic mass is 9.54. The molecule has 5 atom stereocenters. The van der Waals surface area contributed by atoms with Crippen molar-refractivity contribution in [2.45, 2.75) is 90.0 Å². The van der Waals surface area contributed by atoms with Gasteiger partial charge >= 0.3 is 11.9 Å². The molecule has 29 heavy (non-hydrogen) atoms. The largest absolute Gasteiger partial charge is 0.481 e. The summed E-state index contributed by atoms with van der Waals surface area (Å²) in [7, 11) is 0. The zero-order chi connectivity index (χ0) is 22.0. The molecule has 0 aromatic rings. The number of nitrogens with zero attached hydrogens (tertiary/aromatic N) is 2. The Kier molecular flexibility index (Phi) is 5.35. The van der Waals surface area contributed by atoms with Crippen LogP contribution in [0.25, 0.3) is 0 Å². The van der Waals surface area contributed by atoms with Crippen molar-refractivity contribution in [3.05, 3.63) is 0 Å². The SMILES string of the molecule is CC(C)(C)N1CC(F)C(C(=O)O)C2(C1)CC(C)(C)N1CCC(C(=O)O)CC1(C)C2. The fourth-order valence-corrected chi connectivity index (χ4v) is 6.99. The van der Waals surface area contributed by atoms with Crippen LogP contribution in [0.1, 0.15) is 67.2 Å². The molecule has 0 amide bonds. The number of carboxylic acids is 2. The first kappa shape index (κ1) is 22.5. The van der Waals surface area contributed by atoms with Crippen molar-refractivity contribution in [2.24, 2.45) is 17.3 Å². The summed E-state index contributed by atoms with van der Waals surface area (Å²) in [4.78, 5) is 28.5. The lowest BCUT2D eigenvalue weighted by Crippen LogP contribution is -2.73. The Morgan fingerprint density at radius 3 is 2.21 bits per heavy atom. The molecular formula is C22H37FN2O4. The lowest BCUT2D eigenvalue weighted by Gasteiger charge is -2.66. The van der Waals surface area contributed by atoms with Gasteiger partial charge in [0, 0.05) is 41.7 Å².